The minimum absolute atomic E-state index is 0.0415. The summed E-state index contributed by atoms with van der Waals surface area (Å²) in [6, 6.07) is 5.67. The van der Waals surface area contributed by atoms with E-state index in [4.69, 9.17) is 4.74 Å². The summed E-state index contributed by atoms with van der Waals surface area (Å²) in [6.07, 6.45) is 2.21. The molecule has 6 nitrogen and oxygen atoms in total. The van der Waals surface area contributed by atoms with Crippen molar-refractivity contribution < 1.29 is 18.3 Å². The lowest BCUT2D eigenvalue weighted by Gasteiger charge is -2.36. The lowest BCUT2D eigenvalue weighted by Crippen LogP contribution is -2.51. The molecule has 0 aliphatic carbocycles. The van der Waals surface area contributed by atoms with Crippen LogP contribution < -0.4 is 5.32 Å². The van der Waals surface area contributed by atoms with Gasteiger partial charge in [-0.05, 0) is 44.9 Å². The highest BCUT2D eigenvalue weighted by atomic mass is 19.1. The van der Waals surface area contributed by atoms with Crippen molar-refractivity contribution in [2.75, 3.05) is 18.4 Å². The highest BCUT2D eigenvalue weighted by molar-refractivity contribution is 5.68. The van der Waals surface area contributed by atoms with Crippen LogP contribution in [0.25, 0.3) is 0 Å². The van der Waals surface area contributed by atoms with E-state index >= 15 is 0 Å². The maximum atomic E-state index is 14.8. The molecule has 1 aromatic carbocycles. The first-order chi connectivity index (χ1) is 13.7. The van der Waals surface area contributed by atoms with E-state index in [1.165, 1.54) is 17.0 Å². The number of carbonyl (C=O) groups is 1. The number of amides is 1. The Hall–Kier alpha value is -2.77. The molecule has 1 N–H and O–H groups in total. The second-order valence-electron chi connectivity index (χ2n) is 8.14. The van der Waals surface area contributed by atoms with Crippen LogP contribution in [-0.2, 0) is 11.2 Å². The number of hydrogen-bond donors (Lipinski definition) is 1. The molecule has 0 spiro atoms. The zero-order chi connectivity index (χ0) is 21.0. The van der Waals surface area contributed by atoms with E-state index in [0.717, 1.165) is 5.56 Å². The van der Waals surface area contributed by atoms with E-state index in [0.29, 0.717) is 30.9 Å². The number of nitrogens with one attached hydrogen (secondary N) is 1. The van der Waals surface area contributed by atoms with Gasteiger partial charge in [0.2, 0.25) is 0 Å². The number of hydrogen-bond acceptors (Lipinski definition) is 5. The molecule has 1 aliphatic rings. The van der Waals surface area contributed by atoms with E-state index in [9.17, 15) is 13.6 Å². The van der Waals surface area contributed by atoms with E-state index < -0.39 is 23.9 Å². The van der Waals surface area contributed by atoms with Gasteiger partial charge in [-0.3, -0.25) is 4.98 Å². The molecule has 0 bridgehead atoms. The quantitative estimate of drug-likeness (QED) is 0.835. The van der Waals surface area contributed by atoms with E-state index in [2.05, 4.69) is 15.3 Å². The molecule has 29 heavy (non-hydrogen) atoms. The number of alkyl halides is 1. The summed E-state index contributed by atoms with van der Waals surface area (Å²) < 4.78 is 33.2. The Balaban J connectivity index is 1.64. The third kappa shape index (κ3) is 5.85. The van der Waals surface area contributed by atoms with Crippen LogP contribution in [0.4, 0.5) is 19.4 Å². The second-order valence-corrected chi connectivity index (χ2v) is 8.14. The molecule has 1 aliphatic heterocycles. The topological polar surface area (TPSA) is 67.3 Å². The summed E-state index contributed by atoms with van der Waals surface area (Å²) >= 11 is 0. The maximum absolute atomic E-state index is 14.8. The predicted octanol–water partition coefficient (Wildman–Crippen LogP) is 3.97. The Morgan fingerprint density at radius 2 is 1.93 bits per heavy atom. The molecule has 1 fully saturated rings. The first-order valence-corrected chi connectivity index (χ1v) is 9.64. The average molecular weight is 404 g/mol. The summed E-state index contributed by atoms with van der Waals surface area (Å²) in [5.41, 5.74) is 0.916. The first kappa shape index (κ1) is 21.0. The van der Waals surface area contributed by atoms with Gasteiger partial charge in [0.15, 0.2) is 0 Å². The number of ether oxygens (including phenoxy) is 1. The van der Waals surface area contributed by atoms with Crippen molar-refractivity contribution in [2.45, 2.75) is 51.4 Å². The number of halogens is 2. The predicted molar refractivity (Wildman–Crippen MR) is 106 cm³/mol. The summed E-state index contributed by atoms with van der Waals surface area (Å²) in [5, 5.41) is 3.14. The summed E-state index contributed by atoms with van der Waals surface area (Å²) in [5.74, 6) is 0.193. The molecular formula is C21H26F2N4O2. The minimum Gasteiger partial charge on any atom is -0.444 e. The van der Waals surface area contributed by atoms with Gasteiger partial charge in [0, 0.05) is 25.4 Å². The number of aromatic nitrogens is 2. The summed E-state index contributed by atoms with van der Waals surface area (Å²) in [6.45, 7) is 5.69. The van der Waals surface area contributed by atoms with Crippen LogP contribution in [0.3, 0.4) is 0 Å². The Morgan fingerprint density at radius 3 is 2.59 bits per heavy atom. The second kappa shape index (κ2) is 8.71. The molecule has 8 heteroatoms. The van der Waals surface area contributed by atoms with Crippen LogP contribution in [0.15, 0.2) is 36.7 Å². The minimum atomic E-state index is -1.27. The van der Waals surface area contributed by atoms with Crippen LogP contribution in [0.5, 0.6) is 0 Å². The van der Waals surface area contributed by atoms with Crippen molar-refractivity contribution in [1.82, 2.24) is 14.9 Å². The average Bonchev–Trinajstić information content (AvgIpc) is 2.65. The third-order valence-corrected chi connectivity index (χ3v) is 4.57. The number of rotatable bonds is 4. The van der Waals surface area contributed by atoms with Gasteiger partial charge in [-0.25, -0.2) is 18.6 Å². The smallest absolute Gasteiger partial charge is 0.410 e. The number of benzene rings is 1. The van der Waals surface area contributed by atoms with Crippen LogP contribution in [0, 0.1) is 5.82 Å². The Bertz CT molecular complexity index is 839. The zero-order valence-electron chi connectivity index (χ0n) is 16.9. The van der Waals surface area contributed by atoms with Gasteiger partial charge in [0.1, 0.15) is 23.4 Å². The van der Waals surface area contributed by atoms with Gasteiger partial charge < -0.3 is 15.0 Å². The Morgan fingerprint density at radius 1 is 1.24 bits per heavy atom. The monoisotopic (exact) mass is 404 g/mol. The standard InChI is InChI=1S/C21H26F2N4O2/c1-21(2,3)29-20(28)27-11-8-17(16(23)13-27)26-19-18(24-9-10-25-19)12-14-4-6-15(22)7-5-14/h4-7,9-10,16-17H,8,11-13H2,1-3H3,(H,25,26)/t16-,17-/m0/s1. The van der Waals surface area contributed by atoms with Gasteiger partial charge in [-0.15, -0.1) is 0 Å². The van der Waals surface area contributed by atoms with Gasteiger partial charge >= 0.3 is 6.09 Å². The number of carbonyl (C=O) groups excluding carboxylic acids is 1. The molecule has 1 aromatic heterocycles. The van der Waals surface area contributed by atoms with E-state index in [-0.39, 0.29) is 12.4 Å². The van der Waals surface area contributed by atoms with Gasteiger partial charge in [-0.2, -0.15) is 0 Å². The molecule has 156 valence electrons. The molecule has 0 radical (unpaired) electrons. The van der Waals surface area contributed by atoms with E-state index in [1.807, 2.05) is 0 Å². The van der Waals surface area contributed by atoms with Crippen molar-refractivity contribution in [2.24, 2.45) is 0 Å². The van der Waals surface area contributed by atoms with Crippen LogP contribution in [0.2, 0.25) is 0 Å². The van der Waals surface area contributed by atoms with Crippen LogP contribution >= 0.6 is 0 Å². The lowest BCUT2D eigenvalue weighted by molar-refractivity contribution is 0.0125. The van der Waals surface area contributed by atoms with Gasteiger partial charge in [0.25, 0.3) is 0 Å². The summed E-state index contributed by atoms with van der Waals surface area (Å²) in [4.78, 5) is 22.2. The highest BCUT2D eigenvalue weighted by Gasteiger charge is 2.34. The number of piperidine rings is 1. The molecule has 2 aromatic rings. The first-order valence-electron chi connectivity index (χ1n) is 9.64. The van der Waals surface area contributed by atoms with Crippen molar-refractivity contribution >= 4 is 11.9 Å². The molecular weight excluding hydrogens is 378 g/mol. The van der Waals surface area contributed by atoms with Crippen molar-refractivity contribution in [1.29, 1.82) is 0 Å². The molecule has 1 saturated heterocycles. The normalized spacial score (nSPS) is 19.7. The fourth-order valence-corrected chi connectivity index (χ4v) is 3.15. The van der Waals surface area contributed by atoms with Crippen molar-refractivity contribution in [3.8, 4) is 0 Å². The van der Waals surface area contributed by atoms with Crippen molar-refractivity contribution in [3.63, 3.8) is 0 Å². The van der Waals surface area contributed by atoms with Gasteiger partial charge in [-0.1, -0.05) is 12.1 Å². The Labute approximate surface area is 169 Å². The number of anilines is 1. The molecule has 0 saturated carbocycles. The molecule has 1 amide bonds. The zero-order valence-corrected chi connectivity index (χ0v) is 16.9. The fraction of sp³-hybridized carbons (Fsp3) is 0.476. The molecule has 0 unspecified atom stereocenters. The number of likely N-dealkylation sites (tertiary alicyclic amines) is 1. The van der Waals surface area contributed by atoms with Crippen LogP contribution in [-0.4, -0.2) is 51.9 Å². The molecule has 2 heterocycles. The largest absolute Gasteiger partial charge is 0.444 e. The highest BCUT2D eigenvalue weighted by Crippen LogP contribution is 2.22. The van der Waals surface area contributed by atoms with Gasteiger partial charge in [0.05, 0.1) is 18.3 Å². The molecule has 3 rings (SSSR count). The lowest BCUT2D eigenvalue weighted by atomic mass is 10.0. The van der Waals surface area contributed by atoms with E-state index in [1.54, 1.807) is 45.3 Å². The number of nitrogens with zero attached hydrogens (tertiary/aromatic N) is 3. The summed E-state index contributed by atoms with van der Waals surface area (Å²) in [7, 11) is 0. The van der Waals surface area contributed by atoms with Crippen molar-refractivity contribution in [3.05, 3.63) is 53.7 Å². The fourth-order valence-electron chi connectivity index (χ4n) is 3.15. The Kier molecular flexibility index (Phi) is 6.30. The third-order valence-electron chi connectivity index (χ3n) is 4.57. The molecule has 2 atom stereocenters. The van der Waals surface area contributed by atoms with Crippen LogP contribution in [0.1, 0.15) is 38.4 Å². The SMILES string of the molecule is CC(C)(C)OC(=O)N1CC[C@H](Nc2nccnc2Cc2ccc(F)cc2)[C@@H](F)C1. The maximum Gasteiger partial charge on any atom is 0.410 e.